The first kappa shape index (κ1) is 19.0. The van der Waals surface area contributed by atoms with Crippen molar-refractivity contribution in [1.82, 2.24) is 4.98 Å². The van der Waals surface area contributed by atoms with E-state index >= 15 is 0 Å². The largest absolute Gasteiger partial charge is 0.481 e. The molecule has 1 heterocycles. The van der Waals surface area contributed by atoms with Crippen molar-refractivity contribution in [3.05, 3.63) is 44.9 Å². The summed E-state index contributed by atoms with van der Waals surface area (Å²) in [7, 11) is 0. The molecule has 0 unspecified atom stereocenters. The number of rotatable bonds is 8. The van der Waals surface area contributed by atoms with Crippen molar-refractivity contribution in [2.45, 2.75) is 57.8 Å². The van der Waals surface area contributed by atoms with Crippen LogP contribution in [0.15, 0.2) is 23.1 Å². The monoisotopic (exact) mass is 363 g/mol. The molecule has 130 valence electrons. The summed E-state index contributed by atoms with van der Waals surface area (Å²) < 4.78 is 0. The third kappa shape index (κ3) is 5.35. The summed E-state index contributed by atoms with van der Waals surface area (Å²) in [4.78, 5) is 18.0. The quantitative estimate of drug-likeness (QED) is 0.652. The van der Waals surface area contributed by atoms with Crippen molar-refractivity contribution in [3.63, 3.8) is 0 Å². The molecular weight excluding hydrogens is 338 g/mol. The number of hydrogen-bond acceptors (Lipinski definition) is 4. The zero-order chi connectivity index (χ0) is 17.7. The molecule has 2 aromatic rings. The fraction of sp³-hybridized carbons (Fsp3) is 0.474. The van der Waals surface area contributed by atoms with E-state index in [4.69, 9.17) is 5.11 Å². The minimum Gasteiger partial charge on any atom is -0.481 e. The molecule has 0 radical (unpaired) electrons. The molecule has 1 N–H and O–H groups in total. The normalized spacial score (nSPS) is 11.2. The number of aryl methyl sites for hydroxylation is 4. The Balaban J connectivity index is 1.93. The number of thioether (sulfide) groups is 1. The first-order valence-corrected chi connectivity index (χ1v) is 10.1. The van der Waals surface area contributed by atoms with Gasteiger partial charge in [0.15, 0.2) is 0 Å². The van der Waals surface area contributed by atoms with E-state index in [0.29, 0.717) is 12.3 Å². The molecular formula is C19H25NO2S2. The fourth-order valence-electron chi connectivity index (χ4n) is 2.66. The van der Waals surface area contributed by atoms with Crippen molar-refractivity contribution in [1.29, 1.82) is 0 Å². The molecule has 0 aliphatic carbocycles. The minimum absolute atomic E-state index is 0.191. The zero-order valence-electron chi connectivity index (χ0n) is 14.8. The second-order valence-electron chi connectivity index (χ2n) is 6.28. The third-order valence-electron chi connectivity index (χ3n) is 3.90. The Morgan fingerprint density at radius 3 is 2.67 bits per heavy atom. The number of carboxylic acid groups (broad SMARTS) is 1. The Morgan fingerprint density at radius 2 is 2.04 bits per heavy atom. The van der Waals surface area contributed by atoms with Crippen molar-refractivity contribution in [2.75, 3.05) is 5.75 Å². The maximum absolute atomic E-state index is 10.7. The molecule has 2 rings (SSSR count). The molecule has 0 fully saturated rings. The van der Waals surface area contributed by atoms with Gasteiger partial charge < -0.3 is 5.11 Å². The van der Waals surface area contributed by atoms with Gasteiger partial charge in [0, 0.05) is 21.9 Å². The highest BCUT2D eigenvalue weighted by molar-refractivity contribution is 7.99. The van der Waals surface area contributed by atoms with Gasteiger partial charge in [-0.25, -0.2) is 4.98 Å². The summed E-state index contributed by atoms with van der Waals surface area (Å²) in [6, 6.07) is 6.34. The predicted octanol–water partition coefficient (Wildman–Crippen LogP) is 5.24. The van der Waals surface area contributed by atoms with E-state index in [0.717, 1.165) is 22.7 Å². The molecule has 0 aliphatic heterocycles. The maximum Gasteiger partial charge on any atom is 0.303 e. The van der Waals surface area contributed by atoms with Crippen LogP contribution in [0.3, 0.4) is 0 Å². The van der Waals surface area contributed by atoms with Crippen LogP contribution in [0.1, 0.15) is 52.9 Å². The van der Waals surface area contributed by atoms with Crippen LogP contribution < -0.4 is 0 Å². The van der Waals surface area contributed by atoms with Gasteiger partial charge in [0.2, 0.25) is 0 Å². The van der Waals surface area contributed by atoms with E-state index in [1.807, 2.05) is 23.1 Å². The molecule has 1 aromatic carbocycles. The van der Waals surface area contributed by atoms with Crippen molar-refractivity contribution >= 4 is 29.1 Å². The molecule has 0 amide bonds. The molecule has 0 atom stereocenters. The minimum atomic E-state index is -0.742. The van der Waals surface area contributed by atoms with E-state index < -0.39 is 5.97 Å². The Bertz CT molecular complexity index is 707. The maximum atomic E-state index is 10.7. The molecule has 0 saturated carbocycles. The summed E-state index contributed by atoms with van der Waals surface area (Å²) in [5, 5.41) is 9.95. The fourth-order valence-corrected chi connectivity index (χ4v) is 4.84. The Hall–Kier alpha value is -1.33. The van der Waals surface area contributed by atoms with E-state index in [2.05, 4.69) is 50.9 Å². The molecule has 0 bridgehead atoms. The van der Waals surface area contributed by atoms with Gasteiger partial charge in [0.05, 0.1) is 10.7 Å². The highest BCUT2D eigenvalue weighted by Crippen LogP contribution is 2.28. The first-order chi connectivity index (χ1) is 11.4. The summed E-state index contributed by atoms with van der Waals surface area (Å²) in [5.41, 5.74) is 3.55. The van der Waals surface area contributed by atoms with E-state index in [1.54, 1.807) is 0 Å². The lowest BCUT2D eigenvalue weighted by Gasteiger charge is -2.08. The van der Waals surface area contributed by atoms with Crippen LogP contribution in [0, 0.1) is 13.8 Å². The van der Waals surface area contributed by atoms with Gasteiger partial charge >= 0.3 is 5.97 Å². The highest BCUT2D eigenvalue weighted by atomic mass is 32.2. The zero-order valence-corrected chi connectivity index (χ0v) is 16.4. The lowest BCUT2D eigenvalue weighted by Crippen LogP contribution is -1.99. The van der Waals surface area contributed by atoms with E-state index in [-0.39, 0.29) is 6.42 Å². The van der Waals surface area contributed by atoms with Gasteiger partial charge in [-0.1, -0.05) is 19.9 Å². The lowest BCUT2D eigenvalue weighted by atomic mass is 10.0. The van der Waals surface area contributed by atoms with Gasteiger partial charge in [-0.2, -0.15) is 0 Å². The first-order valence-electron chi connectivity index (χ1n) is 8.27. The number of aromatic nitrogens is 1. The lowest BCUT2D eigenvalue weighted by molar-refractivity contribution is -0.136. The second-order valence-corrected chi connectivity index (χ2v) is 8.73. The average Bonchev–Trinajstić information content (AvgIpc) is 2.87. The molecule has 0 aliphatic rings. The van der Waals surface area contributed by atoms with Crippen molar-refractivity contribution < 1.29 is 9.90 Å². The summed E-state index contributed by atoms with van der Waals surface area (Å²) in [6.07, 6.45) is 1.84. The van der Waals surface area contributed by atoms with E-state index in [9.17, 15) is 4.79 Å². The van der Waals surface area contributed by atoms with Crippen LogP contribution in [0.5, 0.6) is 0 Å². The number of thiazole rings is 1. The number of carbonyl (C=O) groups is 1. The number of aliphatic carboxylic acids is 1. The van der Waals surface area contributed by atoms with Gasteiger partial charge in [0.1, 0.15) is 0 Å². The summed E-state index contributed by atoms with van der Waals surface area (Å²) in [6.45, 7) is 8.53. The van der Waals surface area contributed by atoms with Gasteiger partial charge in [-0.05, 0) is 55.9 Å². The van der Waals surface area contributed by atoms with Crippen LogP contribution in [0.4, 0.5) is 0 Å². The second kappa shape index (κ2) is 8.67. The molecule has 24 heavy (non-hydrogen) atoms. The smallest absolute Gasteiger partial charge is 0.303 e. The predicted molar refractivity (Wildman–Crippen MR) is 103 cm³/mol. The molecule has 3 nitrogen and oxygen atoms in total. The SMILES string of the molecule is Cc1nc(C(C)C)c(CCSc2ccc(CCC(=O)O)c(C)c2)s1. The van der Waals surface area contributed by atoms with Crippen molar-refractivity contribution in [3.8, 4) is 0 Å². The van der Waals surface area contributed by atoms with Crippen LogP contribution in [-0.2, 0) is 17.6 Å². The standard InChI is InChI=1S/C19H25NO2S2/c1-12(2)19-17(24-14(4)20-19)9-10-23-16-7-5-15(13(3)11-16)6-8-18(21)22/h5,7,11-12H,6,8-10H2,1-4H3,(H,21,22). The number of nitrogens with zero attached hydrogens (tertiary/aromatic N) is 1. The summed E-state index contributed by atoms with van der Waals surface area (Å²) >= 11 is 3.67. The van der Waals surface area contributed by atoms with Crippen LogP contribution in [0.25, 0.3) is 0 Å². The molecule has 5 heteroatoms. The number of hydrogen-bond donors (Lipinski definition) is 1. The average molecular weight is 364 g/mol. The van der Waals surface area contributed by atoms with Crippen LogP contribution in [-0.4, -0.2) is 21.8 Å². The van der Waals surface area contributed by atoms with Gasteiger partial charge in [-0.15, -0.1) is 23.1 Å². The van der Waals surface area contributed by atoms with Crippen molar-refractivity contribution in [2.24, 2.45) is 0 Å². The van der Waals surface area contributed by atoms with Gasteiger partial charge in [-0.3, -0.25) is 4.79 Å². The Labute approximate surface area is 152 Å². The molecule has 0 spiro atoms. The van der Waals surface area contributed by atoms with Crippen LogP contribution in [0.2, 0.25) is 0 Å². The molecule has 0 saturated heterocycles. The number of benzene rings is 1. The van der Waals surface area contributed by atoms with Crippen LogP contribution >= 0.6 is 23.1 Å². The Morgan fingerprint density at radius 1 is 1.29 bits per heavy atom. The topological polar surface area (TPSA) is 50.2 Å². The highest BCUT2D eigenvalue weighted by Gasteiger charge is 2.12. The van der Waals surface area contributed by atoms with Gasteiger partial charge in [0.25, 0.3) is 0 Å². The number of carboxylic acids is 1. The summed E-state index contributed by atoms with van der Waals surface area (Å²) in [5.74, 6) is 0.772. The van der Waals surface area contributed by atoms with E-state index in [1.165, 1.54) is 21.0 Å². The Kier molecular flexibility index (Phi) is 6.87. The third-order valence-corrected chi connectivity index (χ3v) is 5.94. The molecule has 1 aromatic heterocycles.